The molecular weight excluding hydrogens is 260 g/mol. The Morgan fingerprint density at radius 1 is 1.15 bits per heavy atom. The number of carboxylic acid groups (broad SMARTS) is 1. The van der Waals surface area contributed by atoms with Gasteiger partial charge in [0.25, 0.3) is 5.91 Å². The fraction of sp³-hybridized carbons (Fsp3) is 0.0714. The molecule has 0 unspecified atom stereocenters. The Kier molecular flexibility index (Phi) is 3.95. The zero-order valence-electron chi connectivity index (χ0n) is 10.4. The van der Waals surface area contributed by atoms with Crippen molar-refractivity contribution in [3.05, 3.63) is 69.6 Å². The highest BCUT2D eigenvalue weighted by Gasteiger charge is 2.07. The van der Waals surface area contributed by atoms with Gasteiger partial charge >= 0.3 is 5.97 Å². The van der Waals surface area contributed by atoms with Gasteiger partial charge < -0.3 is 15.4 Å². The van der Waals surface area contributed by atoms with E-state index in [2.05, 4.69) is 10.3 Å². The van der Waals surface area contributed by atoms with Crippen molar-refractivity contribution in [1.82, 2.24) is 10.3 Å². The smallest absolute Gasteiger partial charge is 0.335 e. The van der Waals surface area contributed by atoms with Crippen LogP contribution in [0.5, 0.6) is 0 Å². The van der Waals surface area contributed by atoms with Gasteiger partial charge in [-0.1, -0.05) is 18.2 Å². The first kappa shape index (κ1) is 13.5. The minimum absolute atomic E-state index is 0.157. The second-order valence-electron chi connectivity index (χ2n) is 4.12. The number of pyridine rings is 1. The van der Waals surface area contributed by atoms with Gasteiger partial charge in [-0.3, -0.25) is 9.59 Å². The number of H-pyrrole nitrogens is 1. The second-order valence-corrected chi connectivity index (χ2v) is 4.12. The molecule has 0 aliphatic rings. The molecule has 1 amide bonds. The fourth-order valence-electron chi connectivity index (χ4n) is 1.67. The van der Waals surface area contributed by atoms with E-state index in [9.17, 15) is 14.4 Å². The highest BCUT2D eigenvalue weighted by Crippen LogP contribution is 2.05. The summed E-state index contributed by atoms with van der Waals surface area (Å²) in [5.41, 5.74) is 0.624. The van der Waals surface area contributed by atoms with Crippen molar-refractivity contribution in [2.45, 2.75) is 6.54 Å². The first-order valence-electron chi connectivity index (χ1n) is 5.86. The molecule has 6 heteroatoms. The van der Waals surface area contributed by atoms with Crippen LogP contribution in [-0.2, 0) is 6.54 Å². The Morgan fingerprint density at radius 3 is 2.60 bits per heavy atom. The standard InChI is InChI=1S/C14H12N2O4/c17-12-6-2-5-11(16-12)13(18)15-8-9-3-1-4-10(7-9)14(19)20/h1-7H,8H2,(H,15,18)(H,16,17)(H,19,20). The minimum Gasteiger partial charge on any atom is -0.478 e. The number of hydrogen-bond acceptors (Lipinski definition) is 3. The number of aromatic amines is 1. The lowest BCUT2D eigenvalue weighted by Gasteiger charge is -2.06. The van der Waals surface area contributed by atoms with E-state index in [4.69, 9.17) is 5.11 Å². The van der Waals surface area contributed by atoms with Crippen LogP contribution in [0.2, 0.25) is 0 Å². The number of carboxylic acids is 1. The van der Waals surface area contributed by atoms with Gasteiger partial charge in [0.1, 0.15) is 5.69 Å². The summed E-state index contributed by atoms with van der Waals surface area (Å²) < 4.78 is 0. The van der Waals surface area contributed by atoms with E-state index in [1.54, 1.807) is 12.1 Å². The maximum Gasteiger partial charge on any atom is 0.335 e. The van der Waals surface area contributed by atoms with E-state index < -0.39 is 11.9 Å². The number of carbonyl (C=O) groups excluding carboxylic acids is 1. The summed E-state index contributed by atoms with van der Waals surface area (Å²) >= 11 is 0. The lowest BCUT2D eigenvalue weighted by Crippen LogP contribution is -2.25. The summed E-state index contributed by atoms with van der Waals surface area (Å²) in [5, 5.41) is 11.5. The van der Waals surface area contributed by atoms with Crippen LogP contribution in [0.15, 0.2) is 47.3 Å². The minimum atomic E-state index is -1.02. The van der Waals surface area contributed by atoms with Crippen molar-refractivity contribution in [1.29, 1.82) is 0 Å². The first-order chi connectivity index (χ1) is 9.56. The summed E-state index contributed by atoms with van der Waals surface area (Å²) in [7, 11) is 0. The van der Waals surface area contributed by atoms with E-state index in [0.717, 1.165) is 0 Å². The van der Waals surface area contributed by atoms with Gasteiger partial charge in [-0.05, 0) is 23.8 Å². The zero-order valence-corrected chi connectivity index (χ0v) is 10.4. The molecule has 20 heavy (non-hydrogen) atoms. The van der Waals surface area contributed by atoms with Crippen molar-refractivity contribution >= 4 is 11.9 Å². The van der Waals surface area contributed by atoms with Crippen LogP contribution in [0.25, 0.3) is 0 Å². The van der Waals surface area contributed by atoms with Gasteiger partial charge in [0, 0.05) is 12.6 Å². The van der Waals surface area contributed by atoms with Crippen LogP contribution >= 0.6 is 0 Å². The molecule has 1 aromatic carbocycles. The Hall–Kier alpha value is -2.89. The highest BCUT2D eigenvalue weighted by molar-refractivity contribution is 5.92. The summed E-state index contributed by atoms with van der Waals surface area (Å²) in [4.78, 5) is 36.1. The van der Waals surface area contributed by atoms with E-state index >= 15 is 0 Å². The molecule has 0 saturated carbocycles. The number of benzene rings is 1. The van der Waals surface area contributed by atoms with Crippen molar-refractivity contribution < 1.29 is 14.7 Å². The Labute approximate surface area is 114 Å². The third kappa shape index (κ3) is 3.32. The molecule has 0 radical (unpaired) electrons. The number of aromatic nitrogens is 1. The number of hydrogen-bond donors (Lipinski definition) is 3. The molecule has 2 rings (SSSR count). The van der Waals surface area contributed by atoms with E-state index in [1.165, 1.54) is 30.3 Å². The van der Waals surface area contributed by atoms with Crippen LogP contribution in [-0.4, -0.2) is 22.0 Å². The molecule has 102 valence electrons. The summed E-state index contributed by atoms with van der Waals surface area (Å²) in [6, 6.07) is 10.6. The van der Waals surface area contributed by atoms with Crippen LogP contribution in [0, 0.1) is 0 Å². The lowest BCUT2D eigenvalue weighted by atomic mass is 10.1. The molecule has 0 atom stereocenters. The van der Waals surface area contributed by atoms with E-state index in [0.29, 0.717) is 5.56 Å². The molecule has 0 aliphatic carbocycles. The largest absolute Gasteiger partial charge is 0.478 e. The maximum absolute atomic E-state index is 11.8. The third-order valence-corrected chi connectivity index (χ3v) is 2.64. The molecule has 0 bridgehead atoms. The van der Waals surface area contributed by atoms with Crippen molar-refractivity contribution in [3.8, 4) is 0 Å². The maximum atomic E-state index is 11.8. The van der Waals surface area contributed by atoms with Crippen molar-refractivity contribution in [2.75, 3.05) is 0 Å². The summed E-state index contributed by atoms with van der Waals surface area (Å²) in [5.74, 6) is -1.45. The third-order valence-electron chi connectivity index (χ3n) is 2.64. The topological polar surface area (TPSA) is 99.3 Å². The molecule has 0 saturated heterocycles. The molecule has 2 aromatic rings. The Bertz CT molecular complexity index is 706. The SMILES string of the molecule is O=C(O)c1cccc(CNC(=O)c2cccc(=O)[nH]2)c1. The second kappa shape index (κ2) is 5.83. The molecule has 1 heterocycles. The van der Waals surface area contributed by atoms with Crippen LogP contribution in [0.3, 0.4) is 0 Å². The predicted molar refractivity (Wildman–Crippen MR) is 71.6 cm³/mol. The number of carbonyl (C=O) groups is 2. The van der Waals surface area contributed by atoms with Gasteiger partial charge in [-0.15, -0.1) is 0 Å². The molecule has 0 fully saturated rings. The van der Waals surface area contributed by atoms with Crippen molar-refractivity contribution in [3.63, 3.8) is 0 Å². The molecule has 6 nitrogen and oxygen atoms in total. The Balaban J connectivity index is 2.05. The molecule has 0 aliphatic heterocycles. The molecule has 1 aromatic heterocycles. The molecule has 0 spiro atoms. The van der Waals surface area contributed by atoms with Gasteiger partial charge in [-0.2, -0.15) is 0 Å². The normalized spacial score (nSPS) is 10.0. The van der Waals surface area contributed by atoms with Crippen LogP contribution in [0.4, 0.5) is 0 Å². The number of nitrogens with one attached hydrogen (secondary N) is 2. The van der Waals surface area contributed by atoms with E-state index in [1.807, 2.05) is 0 Å². The van der Waals surface area contributed by atoms with Crippen LogP contribution < -0.4 is 10.9 Å². The molecular formula is C14H12N2O4. The van der Waals surface area contributed by atoms with Gasteiger partial charge in [0.15, 0.2) is 0 Å². The van der Waals surface area contributed by atoms with E-state index in [-0.39, 0.29) is 23.4 Å². The zero-order chi connectivity index (χ0) is 14.5. The monoisotopic (exact) mass is 272 g/mol. The first-order valence-corrected chi connectivity index (χ1v) is 5.86. The number of amides is 1. The van der Waals surface area contributed by atoms with Gasteiger partial charge in [-0.25, -0.2) is 4.79 Å². The fourth-order valence-corrected chi connectivity index (χ4v) is 1.67. The lowest BCUT2D eigenvalue weighted by molar-refractivity contribution is 0.0696. The van der Waals surface area contributed by atoms with Crippen molar-refractivity contribution in [2.24, 2.45) is 0 Å². The average molecular weight is 272 g/mol. The quantitative estimate of drug-likeness (QED) is 0.773. The average Bonchev–Trinajstić information content (AvgIpc) is 2.45. The summed E-state index contributed by atoms with van der Waals surface area (Å²) in [6.07, 6.45) is 0. The molecule has 3 N–H and O–H groups in total. The summed E-state index contributed by atoms with van der Waals surface area (Å²) in [6.45, 7) is 0.177. The predicted octanol–water partition coefficient (Wildman–Crippen LogP) is 1.00. The Morgan fingerprint density at radius 2 is 1.90 bits per heavy atom. The number of rotatable bonds is 4. The van der Waals surface area contributed by atoms with Crippen LogP contribution in [0.1, 0.15) is 26.4 Å². The highest BCUT2D eigenvalue weighted by atomic mass is 16.4. The number of aromatic carboxylic acids is 1. The van der Waals surface area contributed by atoms with Gasteiger partial charge in [0.2, 0.25) is 5.56 Å². The van der Waals surface area contributed by atoms with Gasteiger partial charge in [0.05, 0.1) is 5.56 Å².